The largest absolute Gasteiger partial charge is 0.463 e. The fourth-order valence-electron chi connectivity index (χ4n) is 2.09. The number of nitrogens with one attached hydrogen (secondary N) is 1. The van der Waals surface area contributed by atoms with E-state index in [1.165, 1.54) is 19.9 Å². The molecule has 1 rings (SSSR count). The maximum absolute atomic E-state index is 11.7. The van der Waals surface area contributed by atoms with Crippen LogP contribution in [0.25, 0.3) is 0 Å². The highest BCUT2D eigenvalue weighted by Gasteiger charge is 2.36. The number of ether oxygens (including phenoxy) is 2. The topological polar surface area (TPSA) is 108 Å². The van der Waals surface area contributed by atoms with Gasteiger partial charge in [0.2, 0.25) is 5.91 Å². The highest BCUT2D eigenvalue weighted by Crippen LogP contribution is 2.22. The molecule has 0 heterocycles. The van der Waals surface area contributed by atoms with Crippen molar-refractivity contribution >= 4 is 30.3 Å². The van der Waals surface area contributed by atoms with Crippen molar-refractivity contribution in [3.8, 4) is 0 Å². The summed E-state index contributed by atoms with van der Waals surface area (Å²) < 4.78 is 10.0. The van der Waals surface area contributed by atoms with Gasteiger partial charge in [-0.05, 0) is 19.4 Å². The predicted molar refractivity (Wildman–Crippen MR) is 77.7 cm³/mol. The number of halogens is 1. The van der Waals surface area contributed by atoms with Gasteiger partial charge in [-0.2, -0.15) is 0 Å². The lowest BCUT2D eigenvalue weighted by molar-refractivity contribution is -0.147. The zero-order valence-corrected chi connectivity index (χ0v) is 13.1. The Kier molecular flexibility index (Phi) is 7.98. The van der Waals surface area contributed by atoms with Crippen LogP contribution in [0.2, 0.25) is 0 Å². The summed E-state index contributed by atoms with van der Waals surface area (Å²) in [6.07, 6.45) is 0.963. The van der Waals surface area contributed by atoms with E-state index < -0.39 is 30.1 Å². The van der Waals surface area contributed by atoms with Gasteiger partial charge in [0.05, 0.1) is 12.6 Å². The van der Waals surface area contributed by atoms with E-state index in [9.17, 15) is 14.4 Å². The van der Waals surface area contributed by atoms with Crippen LogP contribution in [0.4, 0.5) is 0 Å². The number of carbonyl (C=O) groups is 3. The molecule has 0 aromatic heterocycles. The first-order valence-corrected chi connectivity index (χ1v) is 6.42. The van der Waals surface area contributed by atoms with Crippen molar-refractivity contribution in [1.29, 1.82) is 0 Å². The second kappa shape index (κ2) is 8.63. The minimum absolute atomic E-state index is 0. The van der Waals surface area contributed by atoms with E-state index in [2.05, 4.69) is 5.32 Å². The van der Waals surface area contributed by atoms with Crippen LogP contribution in [0.15, 0.2) is 11.6 Å². The van der Waals surface area contributed by atoms with Crippen molar-refractivity contribution in [2.24, 2.45) is 5.73 Å². The summed E-state index contributed by atoms with van der Waals surface area (Å²) >= 11 is 0. The number of hydrogen-bond donors (Lipinski definition) is 2. The van der Waals surface area contributed by atoms with Crippen molar-refractivity contribution in [2.45, 2.75) is 45.4 Å². The molecule has 3 N–H and O–H groups in total. The van der Waals surface area contributed by atoms with Crippen molar-refractivity contribution in [3.63, 3.8) is 0 Å². The number of rotatable bonds is 4. The number of carbonyl (C=O) groups excluding carboxylic acids is 3. The second-order valence-corrected chi connectivity index (χ2v) is 4.58. The zero-order valence-electron chi connectivity index (χ0n) is 12.3. The van der Waals surface area contributed by atoms with Gasteiger partial charge >= 0.3 is 11.9 Å². The summed E-state index contributed by atoms with van der Waals surface area (Å²) in [5.41, 5.74) is 6.32. The van der Waals surface area contributed by atoms with Crippen molar-refractivity contribution in [1.82, 2.24) is 5.32 Å². The lowest BCUT2D eigenvalue weighted by Gasteiger charge is -2.34. The third kappa shape index (κ3) is 5.73. The average Bonchev–Trinajstić information content (AvgIpc) is 2.32. The zero-order chi connectivity index (χ0) is 15.3. The molecule has 120 valence electrons. The monoisotopic (exact) mass is 320 g/mol. The first-order chi connectivity index (χ1) is 9.35. The summed E-state index contributed by atoms with van der Waals surface area (Å²) in [6.45, 7) is 4.55. The van der Waals surface area contributed by atoms with Gasteiger partial charge in [-0.15, -0.1) is 12.4 Å². The minimum atomic E-state index is -0.778. The molecule has 0 saturated carbocycles. The van der Waals surface area contributed by atoms with E-state index in [1.807, 2.05) is 0 Å². The summed E-state index contributed by atoms with van der Waals surface area (Å²) in [5, 5.41) is 2.64. The second-order valence-electron chi connectivity index (χ2n) is 4.58. The Morgan fingerprint density at radius 3 is 2.48 bits per heavy atom. The molecule has 0 spiro atoms. The molecule has 21 heavy (non-hydrogen) atoms. The van der Waals surface area contributed by atoms with E-state index in [0.717, 1.165) is 0 Å². The molecule has 0 unspecified atom stereocenters. The van der Waals surface area contributed by atoms with Crippen LogP contribution in [0.3, 0.4) is 0 Å². The smallest absolute Gasteiger partial charge is 0.333 e. The van der Waals surface area contributed by atoms with Crippen LogP contribution in [0.5, 0.6) is 0 Å². The normalized spacial score (nSPS) is 24.2. The number of nitrogens with two attached hydrogens (primary N) is 1. The van der Waals surface area contributed by atoms with Gasteiger partial charge < -0.3 is 20.5 Å². The molecule has 1 amide bonds. The fraction of sp³-hybridized carbons (Fsp3) is 0.615. The quantitative estimate of drug-likeness (QED) is 0.709. The van der Waals surface area contributed by atoms with E-state index in [4.69, 9.17) is 15.2 Å². The predicted octanol–water partition coefficient (Wildman–Crippen LogP) is 0.0651. The van der Waals surface area contributed by atoms with Gasteiger partial charge in [0.15, 0.2) is 0 Å². The number of amides is 1. The minimum Gasteiger partial charge on any atom is -0.463 e. The highest BCUT2D eigenvalue weighted by atomic mass is 35.5. The molecule has 0 saturated heterocycles. The maximum Gasteiger partial charge on any atom is 0.333 e. The third-order valence-corrected chi connectivity index (χ3v) is 2.85. The highest BCUT2D eigenvalue weighted by molar-refractivity contribution is 5.89. The van der Waals surface area contributed by atoms with Crippen LogP contribution in [-0.2, 0) is 23.9 Å². The summed E-state index contributed by atoms with van der Waals surface area (Å²) in [6, 6.07) is -1.10. The van der Waals surface area contributed by atoms with Gasteiger partial charge in [0, 0.05) is 25.5 Å². The Morgan fingerprint density at radius 2 is 2.00 bits per heavy atom. The molecule has 0 aromatic carbocycles. The summed E-state index contributed by atoms with van der Waals surface area (Å²) in [4.78, 5) is 34.0. The Balaban J connectivity index is 0.00000400. The molecule has 0 aromatic rings. The third-order valence-electron chi connectivity index (χ3n) is 2.85. The molecule has 0 fully saturated rings. The molecule has 0 aliphatic heterocycles. The lowest BCUT2D eigenvalue weighted by atomic mass is 9.88. The fourth-order valence-corrected chi connectivity index (χ4v) is 2.09. The summed E-state index contributed by atoms with van der Waals surface area (Å²) in [7, 11) is 0. The SMILES string of the molecule is CCOC(=O)C1=C[C@@H](OC(C)=O)[C@H](NC(C)=O)[C@@H](N)C1.Cl. The molecule has 3 atom stereocenters. The molecule has 1 aliphatic rings. The first kappa shape index (κ1) is 19.4. The molecular formula is C13H21ClN2O5. The first-order valence-electron chi connectivity index (χ1n) is 6.42. The van der Waals surface area contributed by atoms with Gasteiger partial charge in [-0.3, -0.25) is 9.59 Å². The average molecular weight is 321 g/mol. The Hall–Kier alpha value is -1.60. The van der Waals surface area contributed by atoms with Crippen molar-refractivity contribution in [3.05, 3.63) is 11.6 Å². The molecule has 1 aliphatic carbocycles. The standard InChI is InChI=1S/C13H20N2O5.ClH/c1-4-19-13(18)9-5-10(14)12(15-7(2)16)11(6-9)20-8(3)17;/h6,10-12H,4-5,14H2,1-3H3,(H,15,16);1H/t10-,11+,12+;/m0./s1. The van der Waals surface area contributed by atoms with Crippen molar-refractivity contribution < 1.29 is 23.9 Å². The van der Waals surface area contributed by atoms with Gasteiger partial charge in [0.25, 0.3) is 0 Å². The van der Waals surface area contributed by atoms with Crippen LogP contribution in [0.1, 0.15) is 27.2 Å². The van der Waals surface area contributed by atoms with Gasteiger partial charge in [-0.1, -0.05) is 0 Å². The lowest BCUT2D eigenvalue weighted by Crippen LogP contribution is -2.56. The molecular weight excluding hydrogens is 300 g/mol. The molecule has 0 bridgehead atoms. The van der Waals surface area contributed by atoms with Gasteiger partial charge in [0.1, 0.15) is 6.10 Å². The van der Waals surface area contributed by atoms with E-state index in [0.29, 0.717) is 5.57 Å². The van der Waals surface area contributed by atoms with Crippen molar-refractivity contribution in [2.75, 3.05) is 6.61 Å². The summed E-state index contributed by atoms with van der Waals surface area (Å²) in [5.74, 6) is -1.28. The van der Waals surface area contributed by atoms with E-state index >= 15 is 0 Å². The number of esters is 2. The van der Waals surface area contributed by atoms with Crippen LogP contribution in [-0.4, -0.2) is 42.6 Å². The molecule has 0 radical (unpaired) electrons. The van der Waals surface area contributed by atoms with E-state index in [-0.39, 0.29) is 31.3 Å². The Morgan fingerprint density at radius 1 is 1.38 bits per heavy atom. The van der Waals surface area contributed by atoms with Crippen LogP contribution < -0.4 is 11.1 Å². The van der Waals surface area contributed by atoms with E-state index in [1.54, 1.807) is 6.92 Å². The molecule has 8 heteroatoms. The molecule has 7 nitrogen and oxygen atoms in total. The Bertz CT molecular complexity index is 438. The van der Waals surface area contributed by atoms with Gasteiger partial charge in [-0.25, -0.2) is 4.79 Å². The maximum atomic E-state index is 11.7. The van der Waals surface area contributed by atoms with Crippen LogP contribution >= 0.6 is 12.4 Å². The Labute approximate surface area is 129 Å². The van der Waals surface area contributed by atoms with Crippen LogP contribution in [0, 0.1) is 0 Å². The number of hydrogen-bond acceptors (Lipinski definition) is 6.